The van der Waals surface area contributed by atoms with Gasteiger partial charge in [0.05, 0.1) is 6.10 Å². The van der Waals surface area contributed by atoms with E-state index in [4.69, 9.17) is 0 Å². The van der Waals surface area contributed by atoms with Gasteiger partial charge in [-0.1, -0.05) is 62.2 Å². The van der Waals surface area contributed by atoms with Crippen molar-refractivity contribution in [1.82, 2.24) is 0 Å². The largest absolute Gasteiger partial charge is 0.388 e. The van der Waals surface area contributed by atoms with E-state index in [1.165, 1.54) is 19.3 Å². The van der Waals surface area contributed by atoms with Crippen LogP contribution in [0.15, 0.2) is 42.5 Å². The van der Waals surface area contributed by atoms with Crippen LogP contribution < -0.4 is 0 Å². The van der Waals surface area contributed by atoms with Gasteiger partial charge in [-0.2, -0.15) is 0 Å². The summed E-state index contributed by atoms with van der Waals surface area (Å²) < 4.78 is 0. The van der Waals surface area contributed by atoms with Gasteiger partial charge in [0.2, 0.25) is 0 Å². The van der Waals surface area contributed by atoms with Crippen molar-refractivity contribution < 1.29 is 5.11 Å². The maximum absolute atomic E-state index is 9.87. The Labute approximate surface area is 98.8 Å². The Kier molecular flexibility index (Phi) is 6.59. The van der Waals surface area contributed by atoms with Crippen LogP contribution in [0.25, 0.3) is 0 Å². The van der Waals surface area contributed by atoms with Crippen LogP contribution in [0.4, 0.5) is 0 Å². The summed E-state index contributed by atoms with van der Waals surface area (Å²) in [4.78, 5) is 0. The predicted octanol–water partition coefficient (Wildman–Crippen LogP) is 4.25. The SMILES string of the molecule is CCCCC/C=C/C[C@@H](O)c1ccccc1. The fourth-order valence-electron chi connectivity index (χ4n) is 1.67. The van der Waals surface area contributed by atoms with E-state index in [1.54, 1.807) is 0 Å². The Bertz CT molecular complexity index is 290. The van der Waals surface area contributed by atoms with Crippen molar-refractivity contribution in [3.05, 3.63) is 48.0 Å². The second-order valence-electron chi connectivity index (χ2n) is 4.13. The molecule has 0 unspecified atom stereocenters. The molecule has 0 aliphatic carbocycles. The van der Waals surface area contributed by atoms with Crippen molar-refractivity contribution in [3.8, 4) is 0 Å². The molecule has 0 fully saturated rings. The van der Waals surface area contributed by atoms with E-state index in [1.807, 2.05) is 30.3 Å². The normalized spacial score (nSPS) is 13.1. The van der Waals surface area contributed by atoms with Crippen LogP contribution in [0, 0.1) is 0 Å². The van der Waals surface area contributed by atoms with E-state index in [0.717, 1.165) is 18.4 Å². The van der Waals surface area contributed by atoms with Crippen molar-refractivity contribution in [2.75, 3.05) is 0 Å². The Hall–Kier alpha value is -1.08. The fraction of sp³-hybridized carbons (Fsp3) is 0.467. The van der Waals surface area contributed by atoms with Gasteiger partial charge in [-0.15, -0.1) is 0 Å². The number of aliphatic hydroxyl groups is 1. The third kappa shape index (κ3) is 5.13. The highest BCUT2D eigenvalue weighted by Crippen LogP contribution is 2.16. The Morgan fingerprint density at radius 1 is 1.12 bits per heavy atom. The first kappa shape index (κ1) is 13.0. The number of hydrogen-bond donors (Lipinski definition) is 1. The van der Waals surface area contributed by atoms with Crippen LogP contribution in [0.2, 0.25) is 0 Å². The van der Waals surface area contributed by atoms with Crippen molar-refractivity contribution >= 4 is 0 Å². The summed E-state index contributed by atoms with van der Waals surface area (Å²) in [6.45, 7) is 2.21. The lowest BCUT2D eigenvalue weighted by atomic mass is 10.1. The predicted molar refractivity (Wildman–Crippen MR) is 69.3 cm³/mol. The lowest BCUT2D eigenvalue weighted by Gasteiger charge is -2.07. The quantitative estimate of drug-likeness (QED) is 0.536. The summed E-state index contributed by atoms with van der Waals surface area (Å²) in [5.74, 6) is 0. The third-order valence-corrected chi connectivity index (χ3v) is 2.68. The number of hydrogen-bond acceptors (Lipinski definition) is 1. The summed E-state index contributed by atoms with van der Waals surface area (Å²) in [7, 11) is 0. The summed E-state index contributed by atoms with van der Waals surface area (Å²) in [5, 5.41) is 9.87. The zero-order valence-electron chi connectivity index (χ0n) is 10.1. The van der Waals surface area contributed by atoms with Crippen LogP contribution in [0.1, 0.15) is 50.7 Å². The van der Waals surface area contributed by atoms with Crippen molar-refractivity contribution in [3.63, 3.8) is 0 Å². The first-order valence-electron chi connectivity index (χ1n) is 6.22. The zero-order valence-corrected chi connectivity index (χ0v) is 10.1. The van der Waals surface area contributed by atoms with E-state index >= 15 is 0 Å². The zero-order chi connectivity index (χ0) is 11.6. The van der Waals surface area contributed by atoms with E-state index in [9.17, 15) is 5.11 Å². The van der Waals surface area contributed by atoms with E-state index in [2.05, 4.69) is 19.1 Å². The Balaban J connectivity index is 2.22. The molecule has 0 aliphatic rings. The molecule has 0 radical (unpaired) electrons. The summed E-state index contributed by atoms with van der Waals surface area (Å²) in [6.07, 6.45) is 9.59. The topological polar surface area (TPSA) is 20.2 Å². The van der Waals surface area contributed by atoms with Gasteiger partial charge in [-0.25, -0.2) is 0 Å². The number of aliphatic hydroxyl groups excluding tert-OH is 1. The second kappa shape index (κ2) is 8.12. The molecule has 0 aliphatic heterocycles. The molecule has 16 heavy (non-hydrogen) atoms. The molecule has 1 heteroatoms. The smallest absolute Gasteiger partial charge is 0.0824 e. The van der Waals surface area contributed by atoms with Crippen molar-refractivity contribution in [1.29, 1.82) is 0 Å². The van der Waals surface area contributed by atoms with Crippen LogP contribution in [0.5, 0.6) is 0 Å². The number of unbranched alkanes of at least 4 members (excludes halogenated alkanes) is 3. The minimum atomic E-state index is -0.358. The first-order chi connectivity index (χ1) is 7.84. The van der Waals surface area contributed by atoms with Gasteiger partial charge in [0.25, 0.3) is 0 Å². The maximum Gasteiger partial charge on any atom is 0.0824 e. The lowest BCUT2D eigenvalue weighted by molar-refractivity contribution is 0.181. The van der Waals surface area contributed by atoms with Crippen LogP contribution >= 0.6 is 0 Å². The molecule has 1 rings (SSSR count). The first-order valence-corrected chi connectivity index (χ1v) is 6.22. The molecule has 88 valence electrons. The molecule has 1 aromatic rings. The minimum Gasteiger partial charge on any atom is -0.388 e. The number of allylic oxidation sites excluding steroid dienone is 1. The Morgan fingerprint density at radius 3 is 2.56 bits per heavy atom. The van der Waals surface area contributed by atoms with E-state index in [-0.39, 0.29) is 6.10 Å². The highest BCUT2D eigenvalue weighted by atomic mass is 16.3. The van der Waals surface area contributed by atoms with Gasteiger partial charge in [-0.3, -0.25) is 0 Å². The van der Waals surface area contributed by atoms with Crippen LogP contribution in [-0.2, 0) is 0 Å². The van der Waals surface area contributed by atoms with Gasteiger partial charge in [0.15, 0.2) is 0 Å². The van der Waals surface area contributed by atoms with E-state index < -0.39 is 0 Å². The van der Waals surface area contributed by atoms with Gasteiger partial charge in [0, 0.05) is 0 Å². The highest BCUT2D eigenvalue weighted by molar-refractivity contribution is 5.17. The molecule has 1 aromatic carbocycles. The van der Waals surface area contributed by atoms with Crippen molar-refractivity contribution in [2.24, 2.45) is 0 Å². The summed E-state index contributed by atoms with van der Waals surface area (Å²) in [6, 6.07) is 9.83. The number of benzene rings is 1. The van der Waals surface area contributed by atoms with E-state index in [0.29, 0.717) is 0 Å². The molecule has 0 saturated heterocycles. The molecule has 0 amide bonds. The molecule has 0 spiro atoms. The Morgan fingerprint density at radius 2 is 1.88 bits per heavy atom. The molecule has 1 N–H and O–H groups in total. The van der Waals surface area contributed by atoms with Gasteiger partial charge in [-0.05, 0) is 24.8 Å². The third-order valence-electron chi connectivity index (χ3n) is 2.68. The second-order valence-corrected chi connectivity index (χ2v) is 4.13. The van der Waals surface area contributed by atoms with Gasteiger partial charge >= 0.3 is 0 Å². The molecule has 1 nitrogen and oxygen atoms in total. The summed E-state index contributed by atoms with van der Waals surface area (Å²) in [5.41, 5.74) is 1.00. The standard InChI is InChI=1S/C15H22O/c1-2-3-4-5-6-10-13-15(16)14-11-8-7-9-12-14/h6-12,15-16H,2-5,13H2,1H3/b10-6+/t15-/m1/s1. The monoisotopic (exact) mass is 218 g/mol. The molecule has 0 saturated carbocycles. The molecule has 0 aromatic heterocycles. The number of rotatable bonds is 7. The maximum atomic E-state index is 9.87. The molecule has 1 atom stereocenters. The average molecular weight is 218 g/mol. The van der Waals surface area contributed by atoms with Crippen molar-refractivity contribution in [2.45, 2.75) is 45.1 Å². The van der Waals surface area contributed by atoms with Crippen LogP contribution in [-0.4, -0.2) is 5.11 Å². The minimum absolute atomic E-state index is 0.358. The van der Waals surface area contributed by atoms with Gasteiger partial charge in [0.1, 0.15) is 0 Å². The lowest BCUT2D eigenvalue weighted by Crippen LogP contribution is -1.94. The van der Waals surface area contributed by atoms with Crippen LogP contribution in [0.3, 0.4) is 0 Å². The fourth-order valence-corrected chi connectivity index (χ4v) is 1.67. The molecule has 0 bridgehead atoms. The molecule has 0 heterocycles. The highest BCUT2D eigenvalue weighted by Gasteiger charge is 2.02. The van der Waals surface area contributed by atoms with Gasteiger partial charge < -0.3 is 5.11 Å². The molecular weight excluding hydrogens is 196 g/mol. The summed E-state index contributed by atoms with van der Waals surface area (Å²) >= 11 is 0. The average Bonchev–Trinajstić information content (AvgIpc) is 2.34. The molecular formula is C15H22O.